The van der Waals surface area contributed by atoms with Gasteiger partial charge in [-0.1, -0.05) is 18.2 Å². The molecule has 0 bridgehead atoms. The van der Waals surface area contributed by atoms with Crippen molar-refractivity contribution in [2.24, 2.45) is 0 Å². The zero-order valence-corrected chi connectivity index (χ0v) is 16.9. The number of carbonyl (C=O) groups excluding carboxylic acids is 2. The maximum Gasteiger partial charge on any atom is 0.270 e. The fourth-order valence-corrected chi connectivity index (χ4v) is 3.81. The number of benzene rings is 1. The molecule has 9 heteroatoms. The van der Waals surface area contributed by atoms with Crippen molar-refractivity contribution in [1.29, 1.82) is 0 Å². The van der Waals surface area contributed by atoms with Crippen LogP contribution in [0.1, 0.15) is 23.0 Å². The number of hydrogen-bond donors (Lipinski definition) is 3. The highest BCUT2D eigenvalue weighted by atomic mass is 16.3. The molecule has 158 valence electrons. The standard InChI is InChI=1S/C21H26N6O3/c1-14(28)27-10-16(11-27)25-20-8-18(23-13-24-20)21(30)22-9-17(29)12-26-7-6-15-4-2-3-5-19(15)26/h2-5,8,13,16-17,29H,6-7,9-12H2,1H3,(H,22,30)(H,23,24,25). The van der Waals surface area contributed by atoms with Gasteiger partial charge in [0.2, 0.25) is 5.91 Å². The van der Waals surface area contributed by atoms with Gasteiger partial charge in [0.05, 0.1) is 12.1 Å². The molecule has 0 spiro atoms. The third-order valence-corrected chi connectivity index (χ3v) is 5.49. The average molecular weight is 410 g/mol. The molecule has 30 heavy (non-hydrogen) atoms. The monoisotopic (exact) mass is 410 g/mol. The van der Waals surface area contributed by atoms with Crippen LogP contribution in [0.3, 0.4) is 0 Å². The van der Waals surface area contributed by atoms with Gasteiger partial charge >= 0.3 is 0 Å². The Hall–Kier alpha value is -3.20. The van der Waals surface area contributed by atoms with E-state index in [1.165, 1.54) is 11.9 Å². The summed E-state index contributed by atoms with van der Waals surface area (Å²) >= 11 is 0. The zero-order chi connectivity index (χ0) is 21.1. The molecule has 1 unspecified atom stereocenters. The number of likely N-dealkylation sites (tertiary alicyclic amines) is 1. The number of carbonyl (C=O) groups is 2. The van der Waals surface area contributed by atoms with Crippen LogP contribution in [-0.2, 0) is 11.2 Å². The Morgan fingerprint density at radius 1 is 1.27 bits per heavy atom. The van der Waals surface area contributed by atoms with Crippen molar-refractivity contribution in [2.75, 3.05) is 42.9 Å². The number of amides is 2. The van der Waals surface area contributed by atoms with Crippen molar-refractivity contribution < 1.29 is 14.7 Å². The highest BCUT2D eigenvalue weighted by Gasteiger charge is 2.28. The van der Waals surface area contributed by atoms with Crippen LogP contribution in [0.15, 0.2) is 36.7 Å². The molecule has 0 saturated carbocycles. The second-order valence-corrected chi connectivity index (χ2v) is 7.74. The Bertz CT molecular complexity index is 930. The molecule has 1 saturated heterocycles. The molecular weight excluding hydrogens is 384 g/mol. The lowest BCUT2D eigenvalue weighted by molar-refractivity contribution is -0.132. The highest BCUT2D eigenvalue weighted by Crippen LogP contribution is 2.27. The van der Waals surface area contributed by atoms with Crippen molar-refractivity contribution >= 4 is 23.3 Å². The normalized spacial score (nSPS) is 16.6. The first-order chi connectivity index (χ1) is 14.5. The van der Waals surface area contributed by atoms with Gasteiger partial charge in [-0.3, -0.25) is 9.59 Å². The fourth-order valence-electron chi connectivity index (χ4n) is 3.81. The van der Waals surface area contributed by atoms with Crippen LogP contribution in [-0.4, -0.2) is 76.7 Å². The van der Waals surface area contributed by atoms with E-state index in [0.717, 1.165) is 18.7 Å². The molecule has 3 heterocycles. The molecule has 9 nitrogen and oxygen atoms in total. The topological polar surface area (TPSA) is 111 Å². The molecule has 1 aromatic heterocycles. The van der Waals surface area contributed by atoms with E-state index in [1.807, 2.05) is 12.1 Å². The number of β-amino-alcohol motifs (C(OH)–C–C–N with tert-alkyl or cyclic N) is 1. The minimum atomic E-state index is -0.688. The first-order valence-electron chi connectivity index (χ1n) is 10.1. The van der Waals surface area contributed by atoms with Gasteiger partial charge in [0, 0.05) is 51.4 Å². The number of aliphatic hydroxyl groups is 1. The molecule has 0 aliphatic carbocycles. The number of fused-ring (bicyclic) bond motifs is 1. The van der Waals surface area contributed by atoms with Crippen LogP contribution in [0.2, 0.25) is 0 Å². The van der Waals surface area contributed by atoms with Crippen LogP contribution >= 0.6 is 0 Å². The summed E-state index contributed by atoms with van der Waals surface area (Å²) in [7, 11) is 0. The number of aliphatic hydroxyl groups excluding tert-OH is 1. The van der Waals surface area contributed by atoms with Crippen LogP contribution in [0, 0.1) is 0 Å². The Morgan fingerprint density at radius 3 is 2.87 bits per heavy atom. The maximum absolute atomic E-state index is 12.4. The minimum absolute atomic E-state index is 0.0479. The van der Waals surface area contributed by atoms with Crippen LogP contribution < -0.4 is 15.5 Å². The van der Waals surface area contributed by atoms with E-state index >= 15 is 0 Å². The van der Waals surface area contributed by atoms with Crippen molar-refractivity contribution in [3.63, 3.8) is 0 Å². The molecule has 3 N–H and O–H groups in total. The average Bonchev–Trinajstić information content (AvgIpc) is 3.11. The van der Waals surface area contributed by atoms with Crippen molar-refractivity contribution in [1.82, 2.24) is 20.2 Å². The van der Waals surface area contributed by atoms with Gasteiger partial charge in [0.1, 0.15) is 17.8 Å². The predicted octanol–water partition coefficient (Wildman–Crippen LogP) is 0.273. The third-order valence-electron chi connectivity index (χ3n) is 5.49. The Morgan fingerprint density at radius 2 is 2.07 bits per heavy atom. The largest absolute Gasteiger partial charge is 0.389 e. The maximum atomic E-state index is 12.4. The number of anilines is 2. The van der Waals surface area contributed by atoms with Gasteiger partial charge in [-0.25, -0.2) is 9.97 Å². The zero-order valence-electron chi connectivity index (χ0n) is 16.9. The molecule has 4 rings (SSSR count). The molecule has 0 radical (unpaired) electrons. The van der Waals surface area contributed by atoms with Crippen LogP contribution in [0.5, 0.6) is 0 Å². The lowest BCUT2D eigenvalue weighted by atomic mass is 10.1. The molecule has 2 amide bonds. The number of aromatic nitrogens is 2. The van der Waals surface area contributed by atoms with Crippen molar-refractivity contribution in [3.05, 3.63) is 47.9 Å². The summed E-state index contributed by atoms with van der Waals surface area (Å²) in [6.07, 6.45) is 1.61. The second kappa shape index (κ2) is 8.66. The molecule has 1 fully saturated rings. The van der Waals surface area contributed by atoms with E-state index in [-0.39, 0.29) is 30.1 Å². The Balaban J connectivity index is 1.25. The summed E-state index contributed by atoms with van der Waals surface area (Å²) in [5.74, 6) is 0.227. The van der Waals surface area contributed by atoms with Gasteiger partial charge in [0.25, 0.3) is 5.91 Å². The van der Waals surface area contributed by atoms with Crippen molar-refractivity contribution in [3.8, 4) is 0 Å². The van der Waals surface area contributed by atoms with Gasteiger partial charge in [0.15, 0.2) is 0 Å². The second-order valence-electron chi connectivity index (χ2n) is 7.74. The number of para-hydroxylation sites is 1. The summed E-state index contributed by atoms with van der Waals surface area (Å²) in [5.41, 5.74) is 2.66. The van der Waals surface area contributed by atoms with Gasteiger partial charge < -0.3 is 25.5 Å². The summed E-state index contributed by atoms with van der Waals surface area (Å²) in [6, 6.07) is 9.87. The van der Waals surface area contributed by atoms with Gasteiger partial charge in [-0.05, 0) is 18.1 Å². The number of nitrogens with one attached hydrogen (secondary N) is 2. The van der Waals surface area contributed by atoms with E-state index in [1.54, 1.807) is 17.9 Å². The SMILES string of the molecule is CC(=O)N1CC(Nc2cc(C(=O)NCC(O)CN3CCc4ccccc43)ncn2)C1. The summed E-state index contributed by atoms with van der Waals surface area (Å²) in [4.78, 5) is 35.7. The van der Waals surface area contributed by atoms with Gasteiger partial charge in [-0.2, -0.15) is 0 Å². The van der Waals surface area contributed by atoms with Crippen LogP contribution in [0.25, 0.3) is 0 Å². The molecule has 2 aliphatic heterocycles. The Labute approximate surface area is 175 Å². The number of nitrogens with zero attached hydrogens (tertiary/aromatic N) is 4. The summed E-state index contributed by atoms with van der Waals surface area (Å²) in [5, 5.41) is 16.3. The van der Waals surface area contributed by atoms with Crippen molar-refractivity contribution in [2.45, 2.75) is 25.5 Å². The fraction of sp³-hybridized carbons (Fsp3) is 0.429. The summed E-state index contributed by atoms with van der Waals surface area (Å²) in [6.45, 7) is 4.25. The third kappa shape index (κ3) is 4.51. The van der Waals surface area contributed by atoms with E-state index in [4.69, 9.17) is 0 Å². The lowest BCUT2D eigenvalue weighted by Gasteiger charge is -2.39. The minimum Gasteiger partial charge on any atom is -0.389 e. The predicted molar refractivity (Wildman–Crippen MR) is 112 cm³/mol. The molecular formula is C21H26N6O3. The van der Waals surface area contributed by atoms with E-state index in [2.05, 4.69) is 37.6 Å². The smallest absolute Gasteiger partial charge is 0.270 e. The lowest BCUT2D eigenvalue weighted by Crippen LogP contribution is -2.56. The highest BCUT2D eigenvalue weighted by molar-refractivity contribution is 5.92. The molecule has 1 atom stereocenters. The first kappa shape index (κ1) is 20.1. The summed E-state index contributed by atoms with van der Waals surface area (Å²) < 4.78 is 0. The number of hydrogen-bond acceptors (Lipinski definition) is 7. The number of rotatable bonds is 7. The molecule has 2 aromatic rings. The first-order valence-corrected chi connectivity index (χ1v) is 10.1. The van der Waals surface area contributed by atoms with Crippen LogP contribution in [0.4, 0.5) is 11.5 Å². The quantitative estimate of drug-likeness (QED) is 0.601. The molecule has 1 aromatic carbocycles. The van der Waals surface area contributed by atoms with E-state index in [0.29, 0.717) is 25.5 Å². The van der Waals surface area contributed by atoms with Gasteiger partial charge in [-0.15, -0.1) is 0 Å². The Kier molecular flexibility index (Phi) is 5.80. The molecule has 2 aliphatic rings. The van der Waals surface area contributed by atoms with E-state index in [9.17, 15) is 14.7 Å². The van der Waals surface area contributed by atoms with E-state index < -0.39 is 6.10 Å².